The molecule has 2 N–H and O–H groups in total. The molecule has 210 valence electrons. The van der Waals surface area contributed by atoms with Gasteiger partial charge in [0.15, 0.2) is 5.82 Å². The van der Waals surface area contributed by atoms with Crippen molar-refractivity contribution in [2.24, 2.45) is 0 Å². The van der Waals surface area contributed by atoms with E-state index in [9.17, 15) is 36.3 Å². The summed E-state index contributed by atoms with van der Waals surface area (Å²) in [5.41, 5.74) is -3.28. The van der Waals surface area contributed by atoms with Crippen molar-refractivity contribution in [3.8, 4) is 11.1 Å². The second kappa shape index (κ2) is 10.9. The van der Waals surface area contributed by atoms with Gasteiger partial charge < -0.3 is 10.0 Å². The number of hydrogen-bond donors (Lipinski definition) is 2. The predicted octanol–water partition coefficient (Wildman–Crippen LogP) is 6.22. The number of carbonyl (C=O) groups is 1. The topological polar surface area (TPSA) is 76.9 Å². The summed E-state index contributed by atoms with van der Waals surface area (Å²) in [7, 11) is 1.34. The number of pyridine rings is 1. The van der Waals surface area contributed by atoms with Crippen molar-refractivity contribution in [2.45, 2.75) is 38.5 Å². The molecule has 0 aliphatic carbocycles. The van der Waals surface area contributed by atoms with E-state index in [1.165, 1.54) is 33.2 Å². The molecule has 3 aromatic rings. The minimum atomic E-state index is -5.07. The van der Waals surface area contributed by atoms with E-state index in [1.54, 1.807) is 31.2 Å². The molecule has 0 saturated heterocycles. The van der Waals surface area contributed by atoms with Gasteiger partial charge in [-0.15, -0.1) is 0 Å². The van der Waals surface area contributed by atoms with Crippen molar-refractivity contribution in [3.05, 3.63) is 77.0 Å². The third-order valence-corrected chi connectivity index (χ3v) is 6.39. The molecular weight excluding hydrogens is 528 g/mol. The molecule has 6 nitrogen and oxygen atoms in total. The smallest absolute Gasteiger partial charge is 0.394 e. The quantitative estimate of drug-likeness (QED) is 0.267. The zero-order valence-corrected chi connectivity index (χ0v) is 21.5. The van der Waals surface area contributed by atoms with E-state index in [0.29, 0.717) is 28.3 Å². The van der Waals surface area contributed by atoms with Crippen molar-refractivity contribution in [1.82, 2.24) is 4.98 Å². The SMILES string of the molecule is Cc1ccccc1-c1cc(N(O)CCO)ncc1N(C)C(=O)C(C)(C)c1cc(C(F)(F)F)cc(C(F)(F)F)c1. The third kappa shape index (κ3) is 6.34. The molecule has 0 aliphatic heterocycles. The van der Waals surface area contributed by atoms with Crippen molar-refractivity contribution in [2.75, 3.05) is 30.2 Å². The van der Waals surface area contributed by atoms with E-state index >= 15 is 0 Å². The zero-order chi connectivity index (χ0) is 29.3. The van der Waals surface area contributed by atoms with Crippen molar-refractivity contribution < 1.29 is 41.5 Å². The van der Waals surface area contributed by atoms with Crippen LogP contribution in [0.3, 0.4) is 0 Å². The van der Waals surface area contributed by atoms with Crippen LogP contribution in [0.2, 0.25) is 0 Å². The molecule has 1 aromatic heterocycles. The Morgan fingerprint density at radius 2 is 1.44 bits per heavy atom. The number of amides is 1. The fourth-order valence-corrected chi connectivity index (χ4v) is 4.11. The first-order valence-electron chi connectivity index (χ1n) is 11.7. The fourth-order valence-electron chi connectivity index (χ4n) is 4.11. The van der Waals surface area contributed by atoms with Gasteiger partial charge in [-0.25, -0.2) is 10.0 Å². The summed E-state index contributed by atoms with van der Waals surface area (Å²) in [6.07, 6.45) is -8.87. The summed E-state index contributed by atoms with van der Waals surface area (Å²) >= 11 is 0. The van der Waals surface area contributed by atoms with E-state index in [0.717, 1.165) is 10.5 Å². The number of aliphatic hydroxyl groups is 1. The van der Waals surface area contributed by atoms with Gasteiger partial charge in [0.2, 0.25) is 5.91 Å². The van der Waals surface area contributed by atoms with E-state index in [2.05, 4.69) is 4.98 Å². The predicted molar refractivity (Wildman–Crippen MR) is 134 cm³/mol. The average Bonchev–Trinajstić information content (AvgIpc) is 2.86. The van der Waals surface area contributed by atoms with Crippen LogP contribution in [0.5, 0.6) is 0 Å². The van der Waals surface area contributed by atoms with Crippen LogP contribution in [0.1, 0.15) is 36.1 Å². The number of halogens is 6. The lowest BCUT2D eigenvalue weighted by Gasteiger charge is -2.32. The molecule has 0 fully saturated rings. The monoisotopic (exact) mass is 555 g/mol. The highest BCUT2D eigenvalue weighted by molar-refractivity contribution is 6.03. The maximum Gasteiger partial charge on any atom is 0.416 e. The maximum atomic E-state index is 13.7. The van der Waals surface area contributed by atoms with Gasteiger partial charge in [0.1, 0.15) is 0 Å². The fraction of sp³-hybridized carbons (Fsp3) is 0.333. The average molecular weight is 556 g/mol. The van der Waals surface area contributed by atoms with Crippen LogP contribution in [-0.2, 0) is 22.6 Å². The van der Waals surface area contributed by atoms with Gasteiger partial charge in [0.25, 0.3) is 0 Å². The third-order valence-electron chi connectivity index (χ3n) is 6.39. The Labute approximate surface area is 221 Å². The highest BCUT2D eigenvalue weighted by atomic mass is 19.4. The van der Waals surface area contributed by atoms with Crippen LogP contribution < -0.4 is 9.96 Å². The number of hydrogen-bond acceptors (Lipinski definition) is 5. The lowest BCUT2D eigenvalue weighted by atomic mass is 9.81. The normalized spacial score (nSPS) is 12.4. The van der Waals surface area contributed by atoms with Crippen LogP contribution in [0.4, 0.5) is 37.8 Å². The number of rotatable bonds is 7. The van der Waals surface area contributed by atoms with E-state index in [4.69, 9.17) is 5.11 Å². The molecule has 1 heterocycles. The first-order valence-corrected chi connectivity index (χ1v) is 11.7. The maximum absolute atomic E-state index is 13.7. The van der Waals surface area contributed by atoms with E-state index < -0.39 is 40.4 Å². The first kappa shape index (κ1) is 29.9. The Balaban J connectivity index is 2.15. The van der Waals surface area contributed by atoms with Crippen LogP contribution in [-0.4, -0.2) is 41.4 Å². The molecule has 0 radical (unpaired) electrons. The van der Waals surface area contributed by atoms with E-state index in [-0.39, 0.29) is 30.7 Å². The van der Waals surface area contributed by atoms with Crippen LogP contribution in [0.15, 0.2) is 54.7 Å². The number of nitrogens with zero attached hydrogens (tertiary/aromatic N) is 3. The van der Waals surface area contributed by atoms with Crippen LogP contribution in [0.25, 0.3) is 11.1 Å². The molecule has 0 aliphatic rings. The Kier molecular flexibility index (Phi) is 8.32. The Bertz CT molecular complexity index is 1320. The molecule has 0 spiro atoms. The van der Waals surface area contributed by atoms with Crippen molar-refractivity contribution in [3.63, 3.8) is 0 Å². The number of aryl methyl sites for hydroxylation is 1. The molecule has 12 heteroatoms. The standard InChI is InChI=1S/C27H27F6N3O3/c1-16-7-5-6-8-20(16)21-14-23(36(39)9-10-37)34-15-22(21)35(4)24(38)25(2,3)17-11-18(26(28,29)30)13-19(12-17)27(31,32)33/h5-8,11-15,37,39H,9-10H2,1-4H3. The molecule has 0 saturated carbocycles. The minimum Gasteiger partial charge on any atom is -0.394 e. The number of aromatic nitrogens is 1. The molecule has 1 amide bonds. The molecule has 0 bridgehead atoms. The minimum absolute atomic E-state index is 0.0136. The molecule has 0 unspecified atom stereocenters. The summed E-state index contributed by atoms with van der Waals surface area (Å²) in [5.74, 6) is -0.741. The number of aliphatic hydroxyl groups excluding tert-OH is 1. The molecule has 0 atom stereocenters. The molecule has 2 aromatic carbocycles. The number of alkyl halides is 6. The van der Waals surface area contributed by atoms with Crippen LogP contribution in [0, 0.1) is 6.92 Å². The van der Waals surface area contributed by atoms with Gasteiger partial charge in [0.05, 0.1) is 41.6 Å². The summed E-state index contributed by atoms with van der Waals surface area (Å²) in [4.78, 5) is 19.0. The second-order valence-corrected chi connectivity index (χ2v) is 9.51. The van der Waals surface area contributed by atoms with Gasteiger partial charge >= 0.3 is 12.4 Å². The molecule has 3 rings (SSSR count). The van der Waals surface area contributed by atoms with Gasteiger partial charge in [-0.1, -0.05) is 24.3 Å². The largest absolute Gasteiger partial charge is 0.416 e. The molecule has 39 heavy (non-hydrogen) atoms. The summed E-state index contributed by atoms with van der Waals surface area (Å²) in [5, 5.41) is 20.1. The van der Waals surface area contributed by atoms with Gasteiger partial charge in [-0.05, 0) is 61.7 Å². The Hall–Kier alpha value is -3.64. The summed E-state index contributed by atoms with van der Waals surface area (Å²) in [6.45, 7) is 3.76. The van der Waals surface area contributed by atoms with Gasteiger partial charge in [-0.3, -0.25) is 10.0 Å². The first-order chi connectivity index (χ1) is 18.0. The number of carbonyl (C=O) groups excluding carboxylic acids is 1. The number of benzene rings is 2. The van der Waals surface area contributed by atoms with Crippen molar-refractivity contribution in [1.29, 1.82) is 0 Å². The highest BCUT2D eigenvalue weighted by Crippen LogP contribution is 2.41. The number of anilines is 2. The van der Waals surface area contributed by atoms with Gasteiger partial charge in [0, 0.05) is 12.6 Å². The lowest BCUT2D eigenvalue weighted by Crippen LogP contribution is -2.42. The Morgan fingerprint density at radius 1 is 0.897 bits per heavy atom. The number of hydroxylamine groups is 1. The van der Waals surface area contributed by atoms with Gasteiger partial charge in [-0.2, -0.15) is 26.3 Å². The number of likely N-dealkylation sites (N-methyl/N-ethyl adjacent to an activating group) is 1. The lowest BCUT2D eigenvalue weighted by molar-refractivity contribution is -0.143. The van der Waals surface area contributed by atoms with Crippen molar-refractivity contribution >= 4 is 17.4 Å². The summed E-state index contributed by atoms with van der Waals surface area (Å²) in [6, 6.07) is 9.65. The molecular formula is C27H27F6N3O3. The van der Waals surface area contributed by atoms with E-state index in [1.807, 2.05) is 0 Å². The van der Waals surface area contributed by atoms with Crippen LogP contribution >= 0.6 is 0 Å². The highest BCUT2D eigenvalue weighted by Gasteiger charge is 2.41. The summed E-state index contributed by atoms with van der Waals surface area (Å²) < 4.78 is 80.8. The zero-order valence-electron chi connectivity index (χ0n) is 21.5. The second-order valence-electron chi connectivity index (χ2n) is 9.51. The Morgan fingerprint density at radius 3 is 1.95 bits per heavy atom.